The van der Waals surface area contributed by atoms with Gasteiger partial charge in [0.15, 0.2) is 0 Å². The molecule has 2 aromatic carbocycles. The van der Waals surface area contributed by atoms with E-state index in [0.29, 0.717) is 6.42 Å². The van der Waals surface area contributed by atoms with Gasteiger partial charge in [-0.3, -0.25) is 4.79 Å². The molecule has 5 heteroatoms. The molecular weight excluding hydrogens is 460 g/mol. The van der Waals surface area contributed by atoms with Gasteiger partial charge in [0, 0.05) is 36.5 Å². The number of hydrogen-bond donors (Lipinski definition) is 1. The van der Waals surface area contributed by atoms with Crippen LogP contribution in [0, 0.1) is 23.2 Å². The number of rotatable bonds is 5. The highest BCUT2D eigenvalue weighted by Crippen LogP contribution is 2.63. The van der Waals surface area contributed by atoms with E-state index in [1.807, 2.05) is 6.07 Å². The number of carbonyl (C=O) groups is 2. The zero-order valence-electron chi connectivity index (χ0n) is 21.6. The molecule has 5 aliphatic rings. The monoisotopic (exact) mass is 496 g/mol. The summed E-state index contributed by atoms with van der Waals surface area (Å²) in [5, 5.41) is 11.5. The standard InChI is InChI=1S/C32H36N2O3/c1-20(35)34-28(31(36)37)14-26-25-9-5-6-10-27(25)33(19-21-7-3-2-4-8-21)30(26)29(34)18-32-15-22-11-23(16-32)13-24(12-22)17-32/h2-10,22-24,28-29H,11-19H2,1H3,(H,36,37). The average molecular weight is 497 g/mol. The molecule has 0 radical (unpaired) electrons. The number of carboxylic acid groups (broad SMARTS) is 1. The Hall–Kier alpha value is -3.08. The summed E-state index contributed by atoms with van der Waals surface area (Å²) in [5.74, 6) is 1.42. The number of benzene rings is 2. The van der Waals surface area contributed by atoms with Gasteiger partial charge >= 0.3 is 5.97 Å². The second-order valence-corrected chi connectivity index (χ2v) is 12.6. The lowest BCUT2D eigenvalue weighted by molar-refractivity contribution is -0.155. The fourth-order valence-electron chi connectivity index (χ4n) is 9.36. The highest BCUT2D eigenvalue weighted by Gasteiger charge is 2.54. The lowest BCUT2D eigenvalue weighted by atomic mass is 9.48. The van der Waals surface area contributed by atoms with Crippen molar-refractivity contribution in [2.45, 2.75) is 76.9 Å². The van der Waals surface area contributed by atoms with Crippen LogP contribution in [0.4, 0.5) is 0 Å². The number of carboxylic acids is 1. The summed E-state index contributed by atoms with van der Waals surface area (Å²) in [7, 11) is 0. The molecule has 4 saturated carbocycles. The van der Waals surface area contributed by atoms with Gasteiger partial charge in [0.2, 0.25) is 5.91 Å². The highest BCUT2D eigenvalue weighted by molar-refractivity contribution is 5.90. The van der Waals surface area contributed by atoms with Crippen LogP contribution < -0.4 is 0 Å². The van der Waals surface area contributed by atoms with Gasteiger partial charge in [-0.1, -0.05) is 48.5 Å². The molecule has 0 spiro atoms. The van der Waals surface area contributed by atoms with Crippen LogP contribution in [0.3, 0.4) is 0 Å². The molecule has 3 aromatic rings. The van der Waals surface area contributed by atoms with Crippen LogP contribution in [0.5, 0.6) is 0 Å². The number of nitrogens with zero attached hydrogens (tertiary/aromatic N) is 2. The fourth-order valence-corrected chi connectivity index (χ4v) is 9.36. The Balaban J connectivity index is 1.41. The van der Waals surface area contributed by atoms with Gasteiger partial charge in [-0.15, -0.1) is 0 Å². The Morgan fingerprint density at radius 1 is 0.919 bits per heavy atom. The van der Waals surface area contributed by atoms with Crippen LogP contribution in [-0.4, -0.2) is 32.5 Å². The van der Waals surface area contributed by atoms with E-state index in [2.05, 4.69) is 53.1 Å². The number of carbonyl (C=O) groups excluding carboxylic acids is 1. The van der Waals surface area contributed by atoms with Crippen LogP contribution in [-0.2, 0) is 22.6 Å². The third-order valence-corrected chi connectivity index (χ3v) is 10.1. The Bertz CT molecular complexity index is 1340. The topological polar surface area (TPSA) is 62.5 Å². The van der Waals surface area contributed by atoms with E-state index in [4.69, 9.17) is 0 Å². The van der Waals surface area contributed by atoms with E-state index in [1.165, 1.54) is 49.8 Å². The quantitative estimate of drug-likeness (QED) is 0.458. The van der Waals surface area contributed by atoms with Crippen molar-refractivity contribution < 1.29 is 14.7 Å². The number of hydrogen-bond acceptors (Lipinski definition) is 2. The molecule has 5 nitrogen and oxygen atoms in total. The van der Waals surface area contributed by atoms with Crippen LogP contribution in [0.2, 0.25) is 0 Å². The summed E-state index contributed by atoms with van der Waals surface area (Å²) >= 11 is 0. The minimum Gasteiger partial charge on any atom is -0.480 e. The molecule has 2 unspecified atom stereocenters. The van der Waals surface area contributed by atoms with Crippen LogP contribution in [0.1, 0.15) is 74.7 Å². The maximum absolute atomic E-state index is 13.3. The molecule has 1 N–H and O–H groups in total. The minimum atomic E-state index is -0.892. The summed E-state index contributed by atoms with van der Waals surface area (Å²) < 4.78 is 2.40. The van der Waals surface area contributed by atoms with Crippen molar-refractivity contribution in [1.82, 2.24) is 9.47 Å². The molecular formula is C32H36N2O3. The maximum Gasteiger partial charge on any atom is 0.326 e. The number of fused-ring (bicyclic) bond motifs is 3. The van der Waals surface area contributed by atoms with E-state index < -0.39 is 12.0 Å². The molecule has 2 heterocycles. The van der Waals surface area contributed by atoms with Gasteiger partial charge < -0.3 is 14.6 Å². The summed E-state index contributed by atoms with van der Waals surface area (Å²) in [4.78, 5) is 27.6. The van der Waals surface area contributed by atoms with Gasteiger partial charge in [-0.05, 0) is 85.3 Å². The molecule has 2 atom stereocenters. The largest absolute Gasteiger partial charge is 0.480 e. The van der Waals surface area contributed by atoms with Crippen LogP contribution >= 0.6 is 0 Å². The van der Waals surface area contributed by atoms with Crippen molar-refractivity contribution in [2.75, 3.05) is 0 Å². The van der Waals surface area contributed by atoms with E-state index in [0.717, 1.165) is 47.2 Å². The van der Waals surface area contributed by atoms with Gasteiger partial charge in [-0.2, -0.15) is 0 Å². The summed E-state index contributed by atoms with van der Waals surface area (Å²) in [6.07, 6.45) is 9.10. The molecule has 8 rings (SSSR count). The maximum atomic E-state index is 13.3. The average Bonchev–Trinajstić information content (AvgIpc) is 3.17. The smallest absolute Gasteiger partial charge is 0.326 e. The van der Waals surface area contributed by atoms with Crippen molar-refractivity contribution in [3.63, 3.8) is 0 Å². The van der Waals surface area contributed by atoms with Gasteiger partial charge in [0.05, 0.1) is 6.04 Å². The Labute approximate surface area is 218 Å². The van der Waals surface area contributed by atoms with Crippen molar-refractivity contribution in [3.05, 3.63) is 71.4 Å². The predicted octanol–water partition coefficient (Wildman–Crippen LogP) is 6.20. The van der Waals surface area contributed by atoms with Gasteiger partial charge in [-0.25, -0.2) is 4.79 Å². The third kappa shape index (κ3) is 3.72. The molecule has 37 heavy (non-hydrogen) atoms. The highest BCUT2D eigenvalue weighted by atomic mass is 16.4. The van der Waals surface area contributed by atoms with Crippen molar-refractivity contribution >= 4 is 22.8 Å². The molecule has 4 bridgehead atoms. The second-order valence-electron chi connectivity index (χ2n) is 12.6. The first kappa shape index (κ1) is 23.1. The first-order valence-electron chi connectivity index (χ1n) is 14.1. The van der Waals surface area contributed by atoms with Gasteiger partial charge in [0.25, 0.3) is 0 Å². The Morgan fingerprint density at radius 2 is 1.54 bits per heavy atom. The van der Waals surface area contributed by atoms with E-state index in [9.17, 15) is 14.7 Å². The van der Waals surface area contributed by atoms with Gasteiger partial charge in [0.1, 0.15) is 6.04 Å². The normalized spacial score (nSPS) is 32.0. The number of amides is 1. The molecule has 1 aliphatic heterocycles. The molecule has 192 valence electrons. The van der Waals surface area contributed by atoms with Crippen LogP contribution in [0.25, 0.3) is 10.9 Å². The molecule has 0 saturated heterocycles. The summed E-state index contributed by atoms with van der Waals surface area (Å²) in [6.45, 7) is 2.29. The second kappa shape index (κ2) is 8.47. The SMILES string of the molecule is CC(=O)N1C(C(=O)O)Cc2c(n(Cc3ccccc3)c3ccccc23)C1CC12CC3CC(CC(C3)C1)C2. The lowest BCUT2D eigenvalue weighted by Gasteiger charge is -2.58. The zero-order chi connectivity index (χ0) is 25.3. The zero-order valence-corrected chi connectivity index (χ0v) is 21.6. The van der Waals surface area contributed by atoms with E-state index in [-0.39, 0.29) is 17.4 Å². The predicted molar refractivity (Wildman–Crippen MR) is 143 cm³/mol. The molecule has 1 amide bonds. The van der Waals surface area contributed by atoms with Crippen LogP contribution in [0.15, 0.2) is 54.6 Å². The summed E-state index contributed by atoms with van der Waals surface area (Å²) in [5.41, 5.74) is 4.88. The number of para-hydroxylation sites is 1. The van der Waals surface area contributed by atoms with E-state index >= 15 is 0 Å². The first-order chi connectivity index (χ1) is 17.9. The molecule has 4 fully saturated rings. The fraction of sp³-hybridized carbons (Fsp3) is 0.500. The first-order valence-corrected chi connectivity index (χ1v) is 14.1. The third-order valence-electron chi connectivity index (χ3n) is 10.1. The van der Waals surface area contributed by atoms with Crippen molar-refractivity contribution in [2.24, 2.45) is 23.2 Å². The van der Waals surface area contributed by atoms with Crippen molar-refractivity contribution in [1.29, 1.82) is 0 Å². The molecule has 4 aliphatic carbocycles. The Morgan fingerprint density at radius 3 is 2.16 bits per heavy atom. The molecule has 1 aromatic heterocycles. The number of aromatic nitrogens is 1. The summed E-state index contributed by atoms with van der Waals surface area (Å²) in [6, 6.07) is 17.9. The Kier molecular flexibility index (Phi) is 5.28. The minimum absolute atomic E-state index is 0.121. The lowest BCUT2D eigenvalue weighted by Crippen LogP contribution is -2.54. The van der Waals surface area contributed by atoms with Crippen molar-refractivity contribution in [3.8, 4) is 0 Å². The number of aliphatic carboxylic acids is 1. The van der Waals surface area contributed by atoms with E-state index in [1.54, 1.807) is 11.8 Å².